The van der Waals surface area contributed by atoms with Crippen molar-refractivity contribution in [2.45, 2.75) is 59.4 Å². The Bertz CT molecular complexity index is 377. The Morgan fingerprint density at radius 3 is 1.95 bits per heavy atom. The van der Waals surface area contributed by atoms with Gasteiger partial charge in [0.15, 0.2) is 0 Å². The minimum Gasteiger partial charge on any atom is -0.312 e. The van der Waals surface area contributed by atoms with Gasteiger partial charge in [0.25, 0.3) is 0 Å². The summed E-state index contributed by atoms with van der Waals surface area (Å²) >= 11 is 6.14. The van der Waals surface area contributed by atoms with Crippen LogP contribution < -0.4 is 5.32 Å². The first-order chi connectivity index (χ1) is 9.37. The highest BCUT2D eigenvalue weighted by Gasteiger charge is 2.24. The average molecular weight is 296 g/mol. The molecule has 0 aliphatic rings. The van der Waals surface area contributed by atoms with E-state index in [0.717, 1.165) is 31.8 Å². The minimum atomic E-state index is 0.226. The van der Waals surface area contributed by atoms with Gasteiger partial charge in [0.1, 0.15) is 0 Å². The summed E-state index contributed by atoms with van der Waals surface area (Å²) < 4.78 is 0. The maximum Gasteiger partial charge on any atom is 0.0291 e. The minimum absolute atomic E-state index is 0.226. The molecule has 0 aliphatic carbocycles. The Labute approximate surface area is 130 Å². The monoisotopic (exact) mass is 295 g/mol. The van der Waals surface area contributed by atoms with Gasteiger partial charge in [-0.2, -0.15) is 0 Å². The van der Waals surface area contributed by atoms with E-state index in [1.54, 1.807) is 0 Å². The lowest BCUT2D eigenvalue weighted by molar-refractivity contribution is 0.286. The summed E-state index contributed by atoms with van der Waals surface area (Å²) in [7, 11) is 0. The lowest BCUT2D eigenvalue weighted by atomic mass is 9.84. The Morgan fingerprint density at radius 1 is 1.00 bits per heavy atom. The number of benzene rings is 1. The summed E-state index contributed by atoms with van der Waals surface area (Å²) in [6.45, 7) is 13.1. The summed E-state index contributed by atoms with van der Waals surface area (Å²) in [6.07, 6.45) is 2.26. The van der Waals surface area contributed by atoms with Gasteiger partial charge in [-0.1, -0.05) is 58.9 Å². The molecular formula is C18H30ClN. The van der Waals surface area contributed by atoms with Crippen molar-refractivity contribution in [3.63, 3.8) is 0 Å². The highest BCUT2D eigenvalue weighted by Crippen LogP contribution is 2.27. The molecule has 0 aromatic heterocycles. The van der Waals surface area contributed by atoms with Gasteiger partial charge in [0, 0.05) is 19.0 Å². The molecular weight excluding hydrogens is 266 g/mol. The fourth-order valence-corrected chi connectivity index (χ4v) is 2.80. The van der Waals surface area contributed by atoms with E-state index in [1.807, 2.05) is 0 Å². The van der Waals surface area contributed by atoms with Crippen LogP contribution >= 0.6 is 11.6 Å². The summed E-state index contributed by atoms with van der Waals surface area (Å²) in [6, 6.07) is 8.94. The zero-order valence-electron chi connectivity index (χ0n) is 13.7. The second-order valence-electron chi connectivity index (χ2n) is 6.89. The predicted octanol–water partition coefficient (Wildman–Crippen LogP) is 5.12. The van der Waals surface area contributed by atoms with Crippen LogP contribution in [0.2, 0.25) is 0 Å². The third-order valence-corrected chi connectivity index (χ3v) is 5.00. The summed E-state index contributed by atoms with van der Waals surface area (Å²) in [4.78, 5) is 0. The Morgan fingerprint density at radius 2 is 1.55 bits per heavy atom. The number of alkyl halides is 1. The van der Waals surface area contributed by atoms with Gasteiger partial charge in [-0.05, 0) is 34.8 Å². The molecule has 114 valence electrons. The van der Waals surface area contributed by atoms with E-state index in [4.69, 9.17) is 11.6 Å². The highest BCUT2D eigenvalue weighted by molar-refractivity contribution is 6.18. The van der Waals surface area contributed by atoms with E-state index in [1.165, 1.54) is 11.1 Å². The molecule has 0 bridgehead atoms. The first-order valence-electron chi connectivity index (χ1n) is 7.73. The van der Waals surface area contributed by atoms with E-state index < -0.39 is 0 Å². The molecule has 0 unspecified atom stereocenters. The van der Waals surface area contributed by atoms with Crippen molar-refractivity contribution < 1.29 is 0 Å². The van der Waals surface area contributed by atoms with Crippen LogP contribution in [0.4, 0.5) is 0 Å². The first kappa shape index (κ1) is 17.5. The number of hydrogen-bond donors (Lipinski definition) is 1. The standard InChI is InChI=1S/C18H30ClN/c1-6-18(7-2,13-19)14-20-12-15-8-10-16(11-9-15)17(3,4)5/h8-11,20H,6-7,12-14H2,1-5H3. The SMILES string of the molecule is CCC(CC)(CCl)CNCc1ccc(C(C)(C)C)cc1. The van der Waals surface area contributed by atoms with Crippen molar-refractivity contribution in [1.29, 1.82) is 0 Å². The number of nitrogens with one attached hydrogen (secondary N) is 1. The maximum absolute atomic E-state index is 6.14. The van der Waals surface area contributed by atoms with Gasteiger partial charge >= 0.3 is 0 Å². The van der Waals surface area contributed by atoms with Gasteiger partial charge in [0.05, 0.1) is 0 Å². The zero-order chi connectivity index (χ0) is 15.2. The molecule has 0 spiro atoms. The normalized spacial score (nSPS) is 12.7. The van der Waals surface area contributed by atoms with Crippen LogP contribution in [0.15, 0.2) is 24.3 Å². The molecule has 0 atom stereocenters. The number of hydrogen-bond acceptors (Lipinski definition) is 1. The molecule has 0 saturated heterocycles. The van der Waals surface area contributed by atoms with Crippen molar-refractivity contribution in [2.24, 2.45) is 5.41 Å². The van der Waals surface area contributed by atoms with E-state index in [0.29, 0.717) is 0 Å². The van der Waals surface area contributed by atoms with Crippen molar-refractivity contribution in [1.82, 2.24) is 5.32 Å². The van der Waals surface area contributed by atoms with Crippen LogP contribution in [-0.4, -0.2) is 12.4 Å². The second-order valence-corrected chi connectivity index (χ2v) is 7.16. The molecule has 1 rings (SSSR count). The lowest BCUT2D eigenvalue weighted by Gasteiger charge is -2.29. The largest absolute Gasteiger partial charge is 0.312 e. The van der Waals surface area contributed by atoms with Crippen molar-refractivity contribution >= 4 is 11.6 Å². The van der Waals surface area contributed by atoms with Crippen LogP contribution in [0.5, 0.6) is 0 Å². The molecule has 0 aliphatic heterocycles. The molecule has 0 fully saturated rings. The molecule has 0 heterocycles. The molecule has 0 radical (unpaired) electrons. The van der Waals surface area contributed by atoms with Crippen LogP contribution in [0, 0.1) is 5.41 Å². The van der Waals surface area contributed by atoms with Crippen molar-refractivity contribution in [2.75, 3.05) is 12.4 Å². The van der Waals surface area contributed by atoms with E-state index in [2.05, 4.69) is 64.2 Å². The number of halogens is 1. The fourth-order valence-electron chi connectivity index (χ4n) is 2.33. The van der Waals surface area contributed by atoms with Gasteiger partial charge in [0.2, 0.25) is 0 Å². The summed E-state index contributed by atoms with van der Waals surface area (Å²) in [5.74, 6) is 0.732. The van der Waals surface area contributed by atoms with Gasteiger partial charge in [-0.3, -0.25) is 0 Å². The van der Waals surface area contributed by atoms with Gasteiger partial charge in [-0.15, -0.1) is 11.6 Å². The first-order valence-corrected chi connectivity index (χ1v) is 8.26. The van der Waals surface area contributed by atoms with Crippen LogP contribution in [0.25, 0.3) is 0 Å². The smallest absolute Gasteiger partial charge is 0.0291 e. The predicted molar refractivity (Wildman–Crippen MR) is 90.6 cm³/mol. The number of rotatable bonds is 7. The van der Waals surface area contributed by atoms with Crippen LogP contribution in [-0.2, 0) is 12.0 Å². The quantitative estimate of drug-likeness (QED) is 0.689. The molecule has 0 saturated carbocycles. The Hall–Kier alpha value is -0.530. The molecule has 1 aromatic carbocycles. The molecule has 1 aromatic rings. The summed E-state index contributed by atoms with van der Waals surface area (Å²) in [5.41, 5.74) is 3.20. The fraction of sp³-hybridized carbons (Fsp3) is 0.667. The Balaban J connectivity index is 2.54. The van der Waals surface area contributed by atoms with Crippen molar-refractivity contribution in [3.05, 3.63) is 35.4 Å². The van der Waals surface area contributed by atoms with E-state index in [-0.39, 0.29) is 10.8 Å². The Kier molecular flexibility index (Phi) is 6.54. The molecule has 20 heavy (non-hydrogen) atoms. The molecule has 2 heteroatoms. The van der Waals surface area contributed by atoms with Gasteiger partial charge in [-0.25, -0.2) is 0 Å². The zero-order valence-corrected chi connectivity index (χ0v) is 14.5. The van der Waals surface area contributed by atoms with Crippen LogP contribution in [0.3, 0.4) is 0 Å². The molecule has 1 nitrogen and oxygen atoms in total. The second kappa shape index (κ2) is 7.47. The van der Waals surface area contributed by atoms with Crippen molar-refractivity contribution in [3.8, 4) is 0 Å². The molecule has 1 N–H and O–H groups in total. The summed E-state index contributed by atoms with van der Waals surface area (Å²) in [5, 5.41) is 3.57. The van der Waals surface area contributed by atoms with Gasteiger partial charge < -0.3 is 5.32 Å². The lowest BCUT2D eigenvalue weighted by Crippen LogP contribution is -2.34. The van der Waals surface area contributed by atoms with E-state index >= 15 is 0 Å². The third kappa shape index (κ3) is 4.79. The maximum atomic E-state index is 6.14. The average Bonchev–Trinajstić information content (AvgIpc) is 2.44. The topological polar surface area (TPSA) is 12.0 Å². The third-order valence-electron chi connectivity index (χ3n) is 4.43. The van der Waals surface area contributed by atoms with Crippen LogP contribution in [0.1, 0.15) is 58.6 Å². The highest BCUT2D eigenvalue weighted by atomic mass is 35.5. The van der Waals surface area contributed by atoms with E-state index in [9.17, 15) is 0 Å². The molecule has 0 amide bonds.